The second-order valence-corrected chi connectivity index (χ2v) is 11.0. The maximum Gasteiger partial charge on any atom is 0.260 e. The molecule has 0 atom stereocenters. The second-order valence-electron chi connectivity index (χ2n) is 8.02. The van der Waals surface area contributed by atoms with E-state index >= 15 is 0 Å². The highest BCUT2D eigenvalue weighted by Gasteiger charge is 2.25. The van der Waals surface area contributed by atoms with Gasteiger partial charge in [-0.2, -0.15) is 4.31 Å². The Morgan fingerprint density at radius 3 is 2.22 bits per heavy atom. The number of likely N-dealkylation sites (N-methyl/N-ethyl adjacent to an activating group) is 1. The first kappa shape index (κ1) is 30.6. The number of hydrogen-bond acceptors (Lipinski definition) is 6. The number of sulfonamides is 1. The number of fused-ring (bicyclic) bond motifs is 1. The van der Waals surface area contributed by atoms with E-state index in [4.69, 9.17) is 0 Å². The molecule has 0 saturated carbocycles. The van der Waals surface area contributed by atoms with Crippen LogP contribution in [0.2, 0.25) is 0 Å². The van der Waals surface area contributed by atoms with Crippen LogP contribution in [-0.2, 0) is 10.0 Å². The average molecular weight is 567 g/mol. The molecule has 2 aromatic carbocycles. The molecule has 0 aliphatic carbocycles. The number of rotatable bonds is 13. The summed E-state index contributed by atoms with van der Waals surface area (Å²) in [6.07, 6.45) is 3.02. The van der Waals surface area contributed by atoms with Crippen LogP contribution in [0.3, 0.4) is 0 Å². The molecule has 0 fully saturated rings. The average Bonchev–Trinajstić information content (AvgIpc) is 3.29. The normalized spacial score (nSPS) is 11.5. The number of thiazole rings is 1. The van der Waals surface area contributed by atoms with Crippen LogP contribution < -0.4 is 4.90 Å². The van der Waals surface area contributed by atoms with Gasteiger partial charge in [-0.05, 0) is 55.6 Å². The van der Waals surface area contributed by atoms with Crippen molar-refractivity contribution in [3.05, 3.63) is 79.2 Å². The number of aromatic nitrogens is 1. The molecule has 0 aliphatic heterocycles. The Hall–Kier alpha value is -2.63. The lowest BCUT2D eigenvalue weighted by atomic mass is 10.2. The summed E-state index contributed by atoms with van der Waals surface area (Å²) in [5, 5.41) is 0.465. The molecule has 7 nitrogen and oxygen atoms in total. The lowest BCUT2D eigenvalue weighted by molar-refractivity contribution is 0.0983. The first-order chi connectivity index (χ1) is 17.2. The zero-order valence-corrected chi connectivity index (χ0v) is 23.4. The summed E-state index contributed by atoms with van der Waals surface area (Å²) in [5.74, 6) is -0.669. The minimum absolute atomic E-state index is 0. The molecule has 1 amide bonds. The van der Waals surface area contributed by atoms with Crippen molar-refractivity contribution in [2.24, 2.45) is 0 Å². The summed E-state index contributed by atoms with van der Waals surface area (Å²) in [5.41, 5.74) is 0.945. The van der Waals surface area contributed by atoms with E-state index in [1.165, 1.54) is 64.2 Å². The van der Waals surface area contributed by atoms with Crippen molar-refractivity contribution in [3.63, 3.8) is 0 Å². The summed E-state index contributed by atoms with van der Waals surface area (Å²) in [4.78, 5) is 22.0. The van der Waals surface area contributed by atoms with Crippen molar-refractivity contribution in [1.29, 1.82) is 0 Å². The fourth-order valence-electron chi connectivity index (χ4n) is 3.70. The monoisotopic (exact) mass is 566 g/mol. The quantitative estimate of drug-likeness (QED) is 0.266. The minimum atomic E-state index is -3.78. The molecule has 11 heteroatoms. The van der Waals surface area contributed by atoms with Crippen LogP contribution in [0.15, 0.2) is 72.7 Å². The van der Waals surface area contributed by atoms with E-state index < -0.39 is 10.0 Å². The maximum atomic E-state index is 13.7. The van der Waals surface area contributed by atoms with E-state index in [2.05, 4.69) is 36.9 Å². The second kappa shape index (κ2) is 13.8. The van der Waals surface area contributed by atoms with Crippen LogP contribution in [0.1, 0.15) is 24.2 Å². The van der Waals surface area contributed by atoms with Gasteiger partial charge in [0.25, 0.3) is 5.91 Å². The lowest BCUT2D eigenvalue weighted by Crippen LogP contribution is -2.39. The topological polar surface area (TPSA) is 73.8 Å². The minimum Gasteiger partial charge on any atom is -0.302 e. The standard InChI is InChI=1S/C26H31FN4O3S2.ClH/c1-5-15-30(16-6-2)36(33,34)22-12-9-20(10-13-22)25(32)31(18-17-29(7-3)8-4)26-28-23-14-11-21(27)19-24(23)35-26;/h5-6,9-14,19H,1-2,7-8,15-18H2,3-4H3;1H. The van der Waals surface area contributed by atoms with Gasteiger partial charge in [0.15, 0.2) is 5.13 Å². The van der Waals surface area contributed by atoms with Crippen molar-refractivity contribution in [2.75, 3.05) is 44.2 Å². The fourth-order valence-corrected chi connectivity index (χ4v) is 6.10. The highest BCUT2D eigenvalue weighted by molar-refractivity contribution is 7.89. The van der Waals surface area contributed by atoms with Gasteiger partial charge in [0.05, 0.1) is 15.1 Å². The zero-order chi connectivity index (χ0) is 26.3. The van der Waals surface area contributed by atoms with Gasteiger partial charge in [0.2, 0.25) is 10.0 Å². The van der Waals surface area contributed by atoms with Crippen LogP contribution in [-0.4, -0.2) is 67.8 Å². The molecule has 1 aromatic heterocycles. The molecule has 37 heavy (non-hydrogen) atoms. The van der Waals surface area contributed by atoms with Gasteiger partial charge in [-0.25, -0.2) is 17.8 Å². The molecule has 3 aromatic rings. The van der Waals surface area contributed by atoms with E-state index in [9.17, 15) is 17.6 Å². The van der Waals surface area contributed by atoms with Gasteiger partial charge < -0.3 is 4.90 Å². The zero-order valence-electron chi connectivity index (χ0n) is 21.0. The summed E-state index contributed by atoms with van der Waals surface area (Å²) in [6.45, 7) is 14.3. The van der Waals surface area contributed by atoms with E-state index in [0.29, 0.717) is 34.0 Å². The Morgan fingerprint density at radius 2 is 1.65 bits per heavy atom. The predicted octanol–water partition coefficient (Wildman–Crippen LogP) is 5.21. The van der Waals surface area contributed by atoms with E-state index in [0.717, 1.165) is 13.1 Å². The van der Waals surface area contributed by atoms with Gasteiger partial charge in [-0.15, -0.1) is 25.6 Å². The number of benzene rings is 2. The maximum absolute atomic E-state index is 13.7. The summed E-state index contributed by atoms with van der Waals surface area (Å²) >= 11 is 1.25. The Balaban J connectivity index is 0.00000481. The van der Waals surface area contributed by atoms with Gasteiger partial charge >= 0.3 is 0 Å². The number of nitrogens with zero attached hydrogens (tertiary/aromatic N) is 4. The molecule has 0 bridgehead atoms. The van der Waals surface area contributed by atoms with Crippen molar-refractivity contribution < 1.29 is 17.6 Å². The molecule has 0 saturated heterocycles. The third-order valence-electron chi connectivity index (χ3n) is 5.75. The Kier molecular flexibility index (Phi) is 11.4. The molecular formula is C26H32ClFN4O3S2. The molecule has 0 N–H and O–H groups in total. The summed E-state index contributed by atoms with van der Waals surface area (Å²) in [7, 11) is -3.78. The smallest absolute Gasteiger partial charge is 0.260 e. The van der Waals surface area contributed by atoms with Crippen LogP contribution in [0.25, 0.3) is 10.2 Å². The van der Waals surface area contributed by atoms with E-state index in [1.807, 2.05) is 0 Å². The molecular weight excluding hydrogens is 535 g/mol. The van der Waals surface area contributed by atoms with Crippen molar-refractivity contribution in [1.82, 2.24) is 14.2 Å². The number of amides is 1. The third-order valence-corrected chi connectivity index (χ3v) is 8.64. The number of carbonyl (C=O) groups excluding carboxylic acids is 1. The van der Waals surface area contributed by atoms with Crippen LogP contribution in [0.5, 0.6) is 0 Å². The Morgan fingerprint density at radius 1 is 1.03 bits per heavy atom. The third kappa shape index (κ3) is 7.24. The van der Waals surface area contributed by atoms with Crippen molar-refractivity contribution in [3.8, 4) is 0 Å². The molecule has 1 heterocycles. The van der Waals surface area contributed by atoms with Crippen LogP contribution in [0.4, 0.5) is 9.52 Å². The van der Waals surface area contributed by atoms with E-state index in [-0.39, 0.29) is 42.1 Å². The first-order valence-electron chi connectivity index (χ1n) is 11.7. The van der Waals surface area contributed by atoms with Gasteiger partial charge in [0, 0.05) is 31.7 Å². The molecule has 0 aliphatic rings. The highest BCUT2D eigenvalue weighted by atomic mass is 35.5. The van der Waals surface area contributed by atoms with Gasteiger partial charge in [-0.1, -0.05) is 37.3 Å². The predicted molar refractivity (Wildman–Crippen MR) is 152 cm³/mol. The van der Waals surface area contributed by atoms with Gasteiger partial charge in [-0.3, -0.25) is 9.69 Å². The van der Waals surface area contributed by atoms with Crippen LogP contribution >= 0.6 is 23.7 Å². The lowest BCUT2D eigenvalue weighted by Gasteiger charge is -2.25. The molecule has 0 radical (unpaired) electrons. The summed E-state index contributed by atoms with van der Waals surface area (Å²) in [6, 6.07) is 10.2. The largest absolute Gasteiger partial charge is 0.302 e. The fraction of sp³-hybridized carbons (Fsp3) is 0.308. The Labute approximate surface area is 228 Å². The highest BCUT2D eigenvalue weighted by Crippen LogP contribution is 2.30. The number of hydrogen-bond donors (Lipinski definition) is 0. The molecule has 0 spiro atoms. The molecule has 3 rings (SSSR count). The number of carbonyl (C=O) groups is 1. The SMILES string of the molecule is C=CCN(CC=C)S(=O)(=O)c1ccc(C(=O)N(CCN(CC)CC)c2nc3ccc(F)cc3s2)cc1.Cl. The van der Waals surface area contributed by atoms with Crippen molar-refractivity contribution in [2.45, 2.75) is 18.7 Å². The van der Waals surface area contributed by atoms with Crippen LogP contribution in [0, 0.1) is 5.82 Å². The molecule has 0 unspecified atom stereocenters. The number of anilines is 1. The van der Waals surface area contributed by atoms with E-state index in [1.54, 1.807) is 11.0 Å². The Bertz CT molecular complexity index is 1320. The first-order valence-corrected chi connectivity index (χ1v) is 13.9. The van der Waals surface area contributed by atoms with Gasteiger partial charge in [0.1, 0.15) is 5.82 Å². The van der Waals surface area contributed by atoms with Crippen molar-refractivity contribution >= 4 is 55.0 Å². The molecule has 200 valence electrons. The summed E-state index contributed by atoms with van der Waals surface area (Å²) < 4.78 is 41.7. The number of halogens is 2.